The van der Waals surface area contributed by atoms with E-state index in [0.717, 1.165) is 17.2 Å². The molecule has 1 atom stereocenters. The Labute approximate surface area is 131 Å². The molecule has 0 saturated heterocycles. The van der Waals surface area contributed by atoms with Crippen LogP contribution in [-0.2, 0) is 6.42 Å². The van der Waals surface area contributed by atoms with Crippen molar-refractivity contribution in [2.24, 2.45) is 5.73 Å². The van der Waals surface area contributed by atoms with E-state index in [-0.39, 0.29) is 5.92 Å². The van der Waals surface area contributed by atoms with Crippen molar-refractivity contribution in [3.05, 3.63) is 63.7 Å². The molecule has 3 heteroatoms. The molecule has 2 aromatic rings. The Balaban J connectivity index is 2.35. The minimum Gasteiger partial charge on any atom is -0.496 e. The molecule has 0 aromatic heterocycles. The molecule has 1 unspecified atom stereocenters. The number of rotatable bonds is 5. The molecule has 0 aliphatic carbocycles. The fourth-order valence-corrected chi connectivity index (χ4v) is 2.79. The zero-order valence-corrected chi connectivity index (χ0v) is 13.6. The number of hydrogen-bond acceptors (Lipinski definition) is 2. The van der Waals surface area contributed by atoms with Crippen molar-refractivity contribution in [2.45, 2.75) is 26.2 Å². The normalized spacial score (nSPS) is 12.2. The van der Waals surface area contributed by atoms with Crippen LogP contribution >= 0.6 is 11.6 Å². The minimum absolute atomic E-state index is 0.220. The first kappa shape index (κ1) is 15.9. The smallest absolute Gasteiger partial charge is 0.122 e. The lowest BCUT2D eigenvalue weighted by Gasteiger charge is -2.20. The van der Waals surface area contributed by atoms with Crippen molar-refractivity contribution < 1.29 is 4.74 Å². The molecule has 2 nitrogen and oxygen atoms in total. The average molecular weight is 304 g/mol. The predicted octanol–water partition coefficient (Wildman–Crippen LogP) is 4.25. The van der Waals surface area contributed by atoms with E-state index in [2.05, 4.69) is 32.0 Å². The van der Waals surface area contributed by atoms with Crippen molar-refractivity contribution in [1.82, 2.24) is 0 Å². The Morgan fingerprint density at radius 3 is 2.48 bits per heavy atom. The molecular weight excluding hydrogens is 282 g/mol. The van der Waals surface area contributed by atoms with Gasteiger partial charge in [-0.25, -0.2) is 0 Å². The molecule has 0 heterocycles. The van der Waals surface area contributed by atoms with Gasteiger partial charge in [0, 0.05) is 10.9 Å². The maximum absolute atomic E-state index is 6.07. The van der Waals surface area contributed by atoms with E-state index in [0.29, 0.717) is 6.54 Å². The zero-order chi connectivity index (χ0) is 15.4. The van der Waals surface area contributed by atoms with Crippen molar-refractivity contribution in [2.75, 3.05) is 13.7 Å². The molecule has 0 saturated carbocycles. The molecule has 0 radical (unpaired) electrons. The summed E-state index contributed by atoms with van der Waals surface area (Å²) in [4.78, 5) is 0. The van der Waals surface area contributed by atoms with Gasteiger partial charge in [-0.2, -0.15) is 0 Å². The van der Waals surface area contributed by atoms with Crippen LogP contribution in [0.4, 0.5) is 0 Å². The van der Waals surface area contributed by atoms with Crippen LogP contribution in [0.15, 0.2) is 36.4 Å². The van der Waals surface area contributed by atoms with Crippen LogP contribution in [-0.4, -0.2) is 13.7 Å². The van der Waals surface area contributed by atoms with Gasteiger partial charge in [0.1, 0.15) is 5.75 Å². The first-order valence-corrected chi connectivity index (χ1v) is 7.52. The molecule has 0 aliphatic heterocycles. The Kier molecular flexibility index (Phi) is 5.27. The van der Waals surface area contributed by atoms with Gasteiger partial charge in [-0.05, 0) is 67.3 Å². The van der Waals surface area contributed by atoms with Gasteiger partial charge in [-0.15, -0.1) is 0 Å². The van der Waals surface area contributed by atoms with Gasteiger partial charge < -0.3 is 10.5 Å². The Morgan fingerprint density at radius 2 is 1.86 bits per heavy atom. The Bertz CT molecular complexity index is 625. The van der Waals surface area contributed by atoms with Gasteiger partial charge in [0.15, 0.2) is 0 Å². The lowest BCUT2D eigenvalue weighted by atomic mass is 9.89. The van der Waals surface area contributed by atoms with Crippen LogP contribution < -0.4 is 10.5 Å². The van der Waals surface area contributed by atoms with Crippen LogP contribution in [0, 0.1) is 13.8 Å². The summed E-state index contributed by atoms with van der Waals surface area (Å²) in [5.41, 5.74) is 10.9. The molecule has 2 N–H and O–H groups in total. The first-order chi connectivity index (χ1) is 10.0. The highest BCUT2D eigenvalue weighted by Crippen LogP contribution is 2.31. The molecule has 0 spiro atoms. The van der Waals surface area contributed by atoms with Crippen molar-refractivity contribution >= 4 is 11.6 Å². The van der Waals surface area contributed by atoms with E-state index in [4.69, 9.17) is 22.1 Å². The monoisotopic (exact) mass is 303 g/mol. The summed E-state index contributed by atoms with van der Waals surface area (Å²) >= 11 is 6.07. The fourth-order valence-electron chi connectivity index (χ4n) is 2.58. The minimum atomic E-state index is 0.220. The topological polar surface area (TPSA) is 35.2 Å². The molecule has 2 rings (SSSR count). The van der Waals surface area contributed by atoms with E-state index in [9.17, 15) is 0 Å². The molecule has 0 bridgehead atoms. The summed E-state index contributed by atoms with van der Waals surface area (Å²) in [7, 11) is 1.71. The highest BCUT2D eigenvalue weighted by molar-refractivity contribution is 6.30. The molecule has 21 heavy (non-hydrogen) atoms. The van der Waals surface area contributed by atoms with E-state index in [1.165, 1.54) is 22.3 Å². The number of aryl methyl sites for hydroxylation is 2. The third kappa shape index (κ3) is 3.78. The van der Waals surface area contributed by atoms with Crippen molar-refractivity contribution in [3.8, 4) is 5.75 Å². The predicted molar refractivity (Wildman–Crippen MR) is 89.4 cm³/mol. The van der Waals surface area contributed by atoms with E-state index < -0.39 is 0 Å². The SMILES string of the molecule is COc1cc(C)c(C)cc1C(CN)Cc1cccc(Cl)c1. The standard InChI is InChI=1S/C18H22ClNO/c1-12-7-17(18(21-3)8-13(12)2)15(11-20)9-14-5-4-6-16(19)10-14/h4-8,10,15H,9,11,20H2,1-3H3. The highest BCUT2D eigenvalue weighted by Gasteiger charge is 2.17. The van der Waals surface area contributed by atoms with Crippen LogP contribution in [0.2, 0.25) is 5.02 Å². The Hall–Kier alpha value is -1.51. The molecule has 0 aliphatic rings. The summed E-state index contributed by atoms with van der Waals surface area (Å²) < 4.78 is 5.54. The van der Waals surface area contributed by atoms with Crippen molar-refractivity contribution in [1.29, 1.82) is 0 Å². The van der Waals surface area contributed by atoms with Gasteiger partial charge in [0.2, 0.25) is 0 Å². The van der Waals surface area contributed by atoms with Crippen molar-refractivity contribution in [3.63, 3.8) is 0 Å². The highest BCUT2D eigenvalue weighted by atomic mass is 35.5. The van der Waals surface area contributed by atoms with Crippen LogP contribution in [0.25, 0.3) is 0 Å². The summed E-state index contributed by atoms with van der Waals surface area (Å²) in [6.07, 6.45) is 0.857. The van der Waals surface area contributed by atoms with E-state index >= 15 is 0 Å². The van der Waals surface area contributed by atoms with Crippen LogP contribution in [0.3, 0.4) is 0 Å². The van der Waals surface area contributed by atoms with Gasteiger partial charge >= 0.3 is 0 Å². The first-order valence-electron chi connectivity index (χ1n) is 7.14. The summed E-state index contributed by atoms with van der Waals surface area (Å²) in [5.74, 6) is 1.13. The Morgan fingerprint density at radius 1 is 1.14 bits per heavy atom. The van der Waals surface area contributed by atoms with E-state index in [1.54, 1.807) is 7.11 Å². The quantitative estimate of drug-likeness (QED) is 0.896. The largest absolute Gasteiger partial charge is 0.496 e. The second kappa shape index (κ2) is 6.97. The van der Waals surface area contributed by atoms with Crippen LogP contribution in [0.5, 0.6) is 5.75 Å². The van der Waals surface area contributed by atoms with Gasteiger partial charge in [-0.3, -0.25) is 0 Å². The lowest BCUT2D eigenvalue weighted by molar-refractivity contribution is 0.404. The fraction of sp³-hybridized carbons (Fsp3) is 0.333. The third-order valence-electron chi connectivity index (χ3n) is 3.94. The van der Waals surface area contributed by atoms with Gasteiger partial charge in [0.05, 0.1) is 7.11 Å². The zero-order valence-electron chi connectivity index (χ0n) is 12.8. The number of hydrogen-bond donors (Lipinski definition) is 1. The second-order valence-corrected chi connectivity index (χ2v) is 5.88. The maximum atomic E-state index is 6.07. The number of benzene rings is 2. The lowest BCUT2D eigenvalue weighted by Crippen LogP contribution is -2.16. The molecule has 0 amide bonds. The summed E-state index contributed by atoms with van der Waals surface area (Å²) in [6, 6.07) is 12.2. The molecule has 112 valence electrons. The molecular formula is C18H22ClNO. The van der Waals surface area contributed by atoms with Crippen LogP contribution in [0.1, 0.15) is 28.2 Å². The second-order valence-electron chi connectivity index (χ2n) is 5.45. The number of ether oxygens (including phenoxy) is 1. The summed E-state index contributed by atoms with van der Waals surface area (Å²) in [6.45, 7) is 4.78. The molecule has 2 aromatic carbocycles. The third-order valence-corrected chi connectivity index (χ3v) is 4.18. The average Bonchev–Trinajstić information content (AvgIpc) is 2.47. The number of nitrogens with two attached hydrogens (primary N) is 1. The molecule has 0 fully saturated rings. The number of halogens is 1. The van der Waals surface area contributed by atoms with Gasteiger partial charge in [-0.1, -0.05) is 29.8 Å². The van der Waals surface area contributed by atoms with E-state index in [1.807, 2.05) is 18.2 Å². The number of methoxy groups -OCH3 is 1. The summed E-state index contributed by atoms with van der Waals surface area (Å²) in [5, 5.41) is 0.760. The van der Waals surface area contributed by atoms with Gasteiger partial charge in [0.25, 0.3) is 0 Å². The maximum Gasteiger partial charge on any atom is 0.122 e.